The zero-order valence-corrected chi connectivity index (χ0v) is 20.3. The number of carbonyl (C=O) groups excluding carboxylic acids is 1. The Morgan fingerprint density at radius 3 is 2.69 bits per heavy atom. The van der Waals surface area contributed by atoms with Gasteiger partial charge in [0.05, 0.1) is 36.5 Å². The summed E-state index contributed by atoms with van der Waals surface area (Å²) >= 11 is 0. The number of amides is 1. The van der Waals surface area contributed by atoms with Gasteiger partial charge < -0.3 is 25.0 Å². The standard InChI is InChI=1S/C25H31FN8O/c1-16(2)34-15-29-20-10-12-32(14-22(20)34)23-19(26)13-28-25(31-23)30-17-6-8-18(9-7-17)33-11-4-5-21(27-3)24(33)35/h6-9,13,15-16,21,27H,4-5,10-12,14H2,1-3H3,(H,28,30,31). The van der Waals surface area contributed by atoms with Crippen LogP contribution < -0.4 is 20.4 Å². The maximum absolute atomic E-state index is 14.8. The number of benzene rings is 1. The molecule has 35 heavy (non-hydrogen) atoms. The Labute approximate surface area is 204 Å². The number of likely N-dealkylation sites (N-methyl/N-ethyl adjacent to an activating group) is 1. The lowest BCUT2D eigenvalue weighted by molar-refractivity contribution is -0.121. The molecule has 0 bridgehead atoms. The highest BCUT2D eigenvalue weighted by Crippen LogP contribution is 2.28. The van der Waals surface area contributed by atoms with E-state index in [2.05, 4.69) is 44.0 Å². The second kappa shape index (κ2) is 9.61. The van der Waals surface area contributed by atoms with E-state index in [9.17, 15) is 9.18 Å². The maximum Gasteiger partial charge on any atom is 0.244 e. The van der Waals surface area contributed by atoms with Crippen LogP contribution in [0.15, 0.2) is 36.8 Å². The van der Waals surface area contributed by atoms with Gasteiger partial charge in [-0.25, -0.2) is 14.4 Å². The van der Waals surface area contributed by atoms with Crippen LogP contribution >= 0.6 is 0 Å². The number of fused-ring (bicyclic) bond motifs is 1. The Kier molecular flexibility index (Phi) is 6.38. The number of halogens is 1. The summed E-state index contributed by atoms with van der Waals surface area (Å²) in [5.41, 5.74) is 3.78. The van der Waals surface area contributed by atoms with Crippen molar-refractivity contribution in [1.29, 1.82) is 0 Å². The molecule has 4 heterocycles. The molecule has 184 valence electrons. The van der Waals surface area contributed by atoms with Crippen LogP contribution in [0.1, 0.15) is 44.1 Å². The second-order valence-corrected chi connectivity index (χ2v) is 9.32. The fraction of sp³-hybridized carbons (Fsp3) is 0.440. The Morgan fingerprint density at radius 1 is 1.14 bits per heavy atom. The van der Waals surface area contributed by atoms with Crippen molar-refractivity contribution in [1.82, 2.24) is 24.8 Å². The summed E-state index contributed by atoms with van der Waals surface area (Å²) in [4.78, 5) is 29.6. The van der Waals surface area contributed by atoms with E-state index in [1.807, 2.05) is 47.4 Å². The van der Waals surface area contributed by atoms with E-state index in [0.717, 1.165) is 42.0 Å². The fourth-order valence-corrected chi connectivity index (χ4v) is 4.83. The lowest BCUT2D eigenvalue weighted by Crippen LogP contribution is -2.49. The third kappa shape index (κ3) is 4.58. The highest BCUT2D eigenvalue weighted by atomic mass is 19.1. The zero-order valence-electron chi connectivity index (χ0n) is 20.3. The lowest BCUT2D eigenvalue weighted by atomic mass is 10.0. The van der Waals surface area contributed by atoms with Crippen molar-refractivity contribution < 1.29 is 9.18 Å². The molecule has 5 rings (SSSR count). The maximum atomic E-state index is 14.8. The molecule has 0 radical (unpaired) electrons. The minimum absolute atomic E-state index is 0.0921. The number of carbonyl (C=O) groups is 1. The highest BCUT2D eigenvalue weighted by Gasteiger charge is 2.28. The quantitative estimate of drug-likeness (QED) is 0.561. The smallest absolute Gasteiger partial charge is 0.244 e. The Balaban J connectivity index is 1.31. The number of rotatable bonds is 6. The molecule has 2 aliphatic heterocycles. The topological polar surface area (TPSA) is 91.2 Å². The normalized spacial score (nSPS) is 18.2. The summed E-state index contributed by atoms with van der Waals surface area (Å²) in [7, 11) is 1.82. The first-order valence-electron chi connectivity index (χ1n) is 12.1. The predicted molar refractivity (Wildman–Crippen MR) is 134 cm³/mol. The average Bonchev–Trinajstić information content (AvgIpc) is 3.30. The van der Waals surface area contributed by atoms with Crippen molar-refractivity contribution in [3.05, 3.63) is 54.0 Å². The van der Waals surface area contributed by atoms with E-state index in [1.165, 1.54) is 6.20 Å². The van der Waals surface area contributed by atoms with Crippen molar-refractivity contribution in [2.45, 2.75) is 51.7 Å². The third-order valence-corrected chi connectivity index (χ3v) is 6.75. The number of anilines is 4. The van der Waals surface area contributed by atoms with Gasteiger partial charge in [-0.15, -0.1) is 0 Å². The fourth-order valence-electron chi connectivity index (χ4n) is 4.83. The molecule has 9 nitrogen and oxygen atoms in total. The molecule has 10 heteroatoms. The molecule has 3 aromatic rings. The van der Waals surface area contributed by atoms with Crippen molar-refractivity contribution in [2.75, 3.05) is 35.3 Å². The van der Waals surface area contributed by atoms with Gasteiger partial charge in [-0.1, -0.05) is 0 Å². The van der Waals surface area contributed by atoms with Crippen LogP contribution in [0, 0.1) is 5.82 Å². The molecule has 1 saturated heterocycles. The summed E-state index contributed by atoms with van der Waals surface area (Å²) in [5, 5.41) is 6.25. The van der Waals surface area contributed by atoms with Gasteiger partial charge in [-0.2, -0.15) is 4.98 Å². The molecule has 1 fully saturated rings. The molecule has 1 unspecified atom stereocenters. The molecule has 2 N–H and O–H groups in total. The summed E-state index contributed by atoms with van der Waals surface area (Å²) in [6.45, 7) is 6.12. The number of nitrogens with zero attached hydrogens (tertiary/aromatic N) is 6. The number of hydrogen-bond acceptors (Lipinski definition) is 7. The number of piperidine rings is 1. The molecule has 1 atom stereocenters. The van der Waals surface area contributed by atoms with Gasteiger partial charge in [0, 0.05) is 36.9 Å². The van der Waals surface area contributed by atoms with Crippen LogP contribution in [0.3, 0.4) is 0 Å². The Bertz CT molecular complexity index is 1210. The van der Waals surface area contributed by atoms with Gasteiger partial charge in [0.1, 0.15) is 0 Å². The van der Waals surface area contributed by atoms with E-state index in [1.54, 1.807) is 0 Å². The number of imidazole rings is 1. The largest absolute Gasteiger partial charge is 0.348 e. The molecule has 2 aromatic heterocycles. The van der Waals surface area contributed by atoms with Gasteiger partial charge in [0.2, 0.25) is 11.9 Å². The van der Waals surface area contributed by atoms with Crippen LogP contribution in [-0.4, -0.2) is 51.6 Å². The van der Waals surface area contributed by atoms with Gasteiger partial charge in [0.25, 0.3) is 0 Å². The predicted octanol–water partition coefficient (Wildman–Crippen LogP) is 3.41. The third-order valence-electron chi connectivity index (χ3n) is 6.75. The molecular weight excluding hydrogens is 447 g/mol. The van der Waals surface area contributed by atoms with Crippen LogP contribution in [-0.2, 0) is 17.8 Å². The van der Waals surface area contributed by atoms with Crippen LogP contribution in [0.4, 0.5) is 27.5 Å². The first-order valence-corrected chi connectivity index (χ1v) is 12.1. The number of nitrogens with one attached hydrogen (secondary N) is 2. The SMILES string of the molecule is CNC1CCCN(c2ccc(Nc3ncc(F)c(N4CCc5ncn(C(C)C)c5C4)n3)cc2)C1=O. The summed E-state index contributed by atoms with van der Waals surface area (Å²) in [6, 6.07) is 7.71. The molecule has 1 aromatic carbocycles. The van der Waals surface area contributed by atoms with E-state index in [4.69, 9.17) is 0 Å². The van der Waals surface area contributed by atoms with Gasteiger partial charge >= 0.3 is 0 Å². The summed E-state index contributed by atoms with van der Waals surface area (Å²) in [5.74, 6) is 0.238. The Morgan fingerprint density at radius 2 is 1.94 bits per heavy atom. The first-order chi connectivity index (χ1) is 16.9. The molecular formula is C25H31FN8O. The molecule has 0 spiro atoms. The van der Waals surface area contributed by atoms with Crippen LogP contribution in [0.2, 0.25) is 0 Å². The van der Waals surface area contributed by atoms with Crippen molar-refractivity contribution in [3.8, 4) is 0 Å². The molecule has 1 amide bonds. The van der Waals surface area contributed by atoms with E-state index < -0.39 is 5.82 Å². The van der Waals surface area contributed by atoms with Gasteiger partial charge in [0.15, 0.2) is 11.6 Å². The van der Waals surface area contributed by atoms with E-state index in [0.29, 0.717) is 25.6 Å². The number of aromatic nitrogens is 4. The Hall–Kier alpha value is -3.53. The zero-order chi connectivity index (χ0) is 24.5. The monoisotopic (exact) mass is 478 g/mol. The van der Waals surface area contributed by atoms with Crippen molar-refractivity contribution in [3.63, 3.8) is 0 Å². The van der Waals surface area contributed by atoms with Gasteiger partial charge in [-0.3, -0.25) is 4.79 Å². The first kappa shape index (κ1) is 23.2. The minimum Gasteiger partial charge on any atom is -0.348 e. The van der Waals surface area contributed by atoms with Crippen LogP contribution in [0.5, 0.6) is 0 Å². The van der Waals surface area contributed by atoms with E-state index >= 15 is 0 Å². The second-order valence-electron chi connectivity index (χ2n) is 9.32. The molecule has 0 aliphatic carbocycles. The highest BCUT2D eigenvalue weighted by molar-refractivity contribution is 5.98. The molecule has 0 saturated carbocycles. The average molecular weight is 479 g/mol. The van der Waals surface area contributed by atoms with Crippen LogP contribution in [0.25, 0.3) is 0 Å². The van der Waals surface area contributed by atoms with Crippen molar-refractivity contribution in [2.24, 2.45) is 0 Å². The summed E-state index contributed by atoms with van der Waals surface area (Å²) < 4.78 is 16.9. The van der Waals surface area contributed by atoms with Gasteiger partial charge in [-0.05, 0) is 58.0 Å². The minimum atomic E-state index is -0.451. The number of hydrogen-bond donors (Lipinski definition) is 2. The summed E-state index contributed by atoms with van der Waals surface area (Å²) in [6.07, 6.45) is 5.63. The molecule has 2 aliphatic rings. The van der Waals surface area contributed by atoms with E-state index in [-0.39, 0.29) is 23.8 Å². The lowest BCUT2D eigenvalue weighted by Gasteiger charge is -2.32. The van der Waals surface area contributed by atoms with Crippen molar-refractivity contribution >= 4 is 29.0 Å².